The summed E-state index contributed by atoms with van der Waals surface area (Å²) in [4.78, 5) is 15.1. The van der Waals surface area contributed by atoms with Crippen LogP contribution in [-0.2, 0) is 11.3 Å². The highest BCUT2D eigenvalue weighted by atomic mass is 32.1. The number of ether oxygens (including phenoxy) is 1. The summed E-state index contributed by atoms with van der Waals surface area (Å²) >= 11 is 1.51. The molecule has 140 valence electrons. The molecule has 1 aliphatic heterocycles. The second-order valence-electron chi connectivity index (χ2n) is 6.12. The van der Waals surface area contributed by atoms with Crippen molar-refractivity contribution in [1.29, 1.82) is 0 Å². The first-order chi connectivity index (χ1) is 13.2. The predicted octanol–water partition coefficient (Wildman–Crippen LogP) is 3.31. The molecule has 4 rings (SSSR count). The molecule has 1 saturated heterocycles. The zero-order valence-electron chi connectivity index (χ0n) is 14.5. The van der Waals surface area contributed by atoms with Crippen molar-refractivity contribution >= 4 is 22.9 Å². The molecule has 27 heavy (non-hydrogen) atoms. The second kappa shape index (κ2) is 7.89. The molecule has 0 spiro atoms. The first kappa shape index (κ1) is 17.7. The largest absolute Gasteiger partial charge is 0.378 e. The maximum absolute atomic E-state index is 14.4. The topological polar surface area (TPSA) is 67.6 Å². The van der Waals surface area contributed by atoms with E-state index < -0.39 is 0 Å². The number of morpholine rings is 1. The van der Waals surface area contributed by atoms with E-state index in [2.05, 4.69) is 10.5 Å². The van der Waals surface area contributed by atoms with Gasteiger partial charge in [0.15, 0.2) is 11.5 Å². The average Bonchev–Trinajstić information content (AvgIpc) is 3.38. The molecule has 8 heteroatoms. The van der Waals surface area contributed by atoms with Gasteiger partial charge >= 0.3 is 0 Å². The minimum Gasteiger partial charge on any atom is -0.378 e. The van der Waals surface area contributed by atoms with Crippen LogP contribution in [0.1, 0.15) is 16.1 Å². The van der Waals surface area contributed by atoms with Crippen molar-refractivity contribution in [2.75, 3.05) is 31.2 Å². The van der Waals surface area contributed by atoms with Gasteiger partial charge in [-0.2, -0.15) is 0 Å². The van der Waals surface area contributed by atoms with Gasteiger partial charge in [0.05, 0.1) is 23.8 Å². The summed E-state index contributed by atoms with van der Waals surface area (Å²) in [6.45, 7) is 2.75. The minimum atomic E-state index is -0.362. The number of aromatic nitrogens is 1. The van der Waals surface area contributed by atoms with Crippen molar-refractivity contribution in [1.82, 2.24) is 10.5 Å². The fourth-order valence-electron chi connectivity index (χ4n) is 2.91. The Hall–Kier alpha value is -2.71. The van der Waals surface area contributed by atoms with Gasteiger partial charge in [-0.15, -0.1) is 11.3 Å². The number of amides is 1. The lowest BCUT2D eigenvalue weighted by atomic mass is 10.1. The van der Waals surface area contributed by atoms with Gasteiger partial charge in [-0.25, -0.2) is 4.39 Å². The number of thiophene rings is 1. The van der Waals surface area contributed by atoms with Crippen LogP contribution in [0.3, 0.4) is 0 Å². The van der Waals surface area contributed by atoms with Crippen LogP contribution < -0.4 is 10.2 Å². The van der Waals surface area contributed by atoms with Crippen LogP contribution in [0, 0.1) is 5.82 Å². The molecular weight excluding hydrogens is 369 g/mol. The summed E-state index contributed by atoms with van der Waals surface area (Å²) in [7, 11) is 0. The van der Waals surface area contributed by atoms with E-state index in [0.29, 0.717) is 43.3 Å². The van der Waals surface area contributed by atoms with E-state index in [-0.39, 0.29) is 24.0 Å². The third-order valence-electron chi connectivity index (χ3n) is 4.32. The fourth-order valence-corrected chi connectivity index (χ4v) is 3.58. The summed E-state index contributed by atoms with van der Waals surface area (Å²) in [6, 6.07) is 10.4. The number of carbonyl (C=O) groups is 1. The van der Waals surface area contributed by atoms with Crippen molar-refractivity contribution < 1.29 is 18.4 Å². The molecule has 1 aliphatic rings. The first-order valence-corrected chi connectivity index (χ1v) is 9.48. The van der Waals surface area contributed by atoms with Crippen LogP contribution >= 0.6 is 11.3 Å². The average molecular weight is 387 g/mol. The molecule has 0 saturated carbocycles. The van der Waals surface area contributed by atoms with Gasteiger partial charge < -0.3 is 19.5 Å². The predicted molar refractivity (Wildman–Crippen MR) is 100 cm³/mol. The highest BCUT2D eigenvalue weighted by Gasteiger charge is 2.17. The number of halogens is 1. The Balaban J connectivity index is 1.38. The molecular formula is C19H18FN3O3S. The lowest BCUT2D eigenvalue weighted by molar-refractivity contribution is 0.0942. The van der Waals surface area contributed by atoms with E-state index in [9.17, 15) is 9.18 Å². The Morgan fingerprint density at radius 3 is 2.85 bits per heavy atom. The van der Waals surface area contributed by atoms with E-state index in [1.165, 1.54) is 17.4 Å². The van der Waals surface area contributed by atoms with Crippen molar-refractivity contribution in [3.63, 3.8) is 0 Å². The van der Waals surface area contributed by atoms with Crippen molar-refractivity contribution in [3.05, 3.63) is 58.9 Å². The number of carbonyl (C=O) groups excluding carboxylic acids is 1. The molecule has 0 aliphatic carbocycles. The lowest BCUT2D eigenvalue weighted by Crippen LogP contribution is -2.36. The van der Waals surface area contributed by atoms with Gasteiger partial charge in [-0.1, -0.05) is 17.3 Å². The summed E-state index contributed by atoms with van der Waals surface area (Å²) in [5.74, 6) is -0.111. The number of benzene rings is 1. The van der Waals surface area contributed by atoms with Crippen LogP contribution in [0.5, 0.6) is 0 Å². The molecule has 1 aromatic carbocycles. The van der Waals surface area contributed by atoms with E-state index >= 15 is 0 Å². The van der Waals surface area contributed by atoms with Gasteiger partial charge in [-0.05, 0) is 29.1 Å². The maximum atomic E-state index is 14.4. The molecule has 3 aromatic rings. The normalized spacial score (nSPS) is 14.3. The number of hydrogen-bond donors (Lipinski definition) is 1. The zero-order valence-corrected chi connectivity index (χ0v) is 15.3. The molecule has 3 heterocycles. The number of hydrogen-bond acceptors (Lipinski definition) is 6. The third kappa shape index (κ3) is 4.01. The summed E-state index contributed by atoms with van der Waals surface area (Å²) < 4.78 is 24.9. The fraction of sp³-hybridized carbons (Fsp3) is 0.263. The van der Waals surface area contributed by atoms with Gasteiger partial charge in [0, 0.05) is 25.7 Å². The monoisotopic (exact) mass is 387 g/mol. The van der Waals surface area contributed by atoms with E-state index in [0.717, 1.165) is 4.88 Å². The van der Waals surface area contributed by atoms with Crippen LogP contribution in [0.25, 0.3) is 10.6 Å². The molecule has 6 nitrogen and oxygen atoms in total. The molecule has 1 N–H and O–H groups in total. The standard InChI is InChI=1S/C19H18FN3O3S/c20-14-10-13(3-4-16(14)23-5-7-25-8-6-23)12-21-19(24)15-11-17(26-22-15)18-2-1-9-27-18/h1-4,9-11H,5-8,12H2,(H,21,24). The SMILES string of the molecule is O=C(NCc1ccc(N2CCOCC2)c(F)c1)c1cc(-c2cccs2)on1. The van der Waals surface area contributed by atoms with Crippen LogP contribution in [0.4, 0.5) is 10.1 Å². The Labute approximate surface area is 159 Å². The second-order valence-corrected chi connectivity index (χ2v) is 7.07. The molecule has 0 radical (unpaired) electrons. The lowest BCUT2D eigenvalue weighted by Gasteiger charge is -2.29. The zero-order chi connectivity index (χ0) is 18.6. The van der Waals surface area contributed by atoms with Gasteiger partial charge in [0.25, 0.3) is 5.91 Å². The number of rotatable bonds is 5. The highest BCUT2D eigenvalue weighted by Crippen LogP contribution is 2.25. The maximum Gasteiger partial charge on any atom is 0.273 e. The van der Waals surface area contributed by atoms with Gasteiger partial charge in [-0.3, -0.25) is 4.79 Å². The minimum absolute atomic E-state index is 0.198. The highest BCUT2D eigenvalue weighted by molar-refractivity contribution is 7.13. The van der Waals surface area contributed by atoms with Crippen molar-refractivity contribution in [2.24, 2.45) is 0 Å². The van der Waals surface area contributed by atoms with Crippen molar-refractivity contribution in [2.45, 2.75) is 6.54 Å². The van der Waals surface area contributed by atoms with Crippen LogP contribution in [0.2, 0.25) is 0 Å². The van der Waals surface area contributed by atoms with Crippen molar-refractivity contribution in [3.8, 4) is 10.6 Å². The van der Waals surface area contributed by atoms with E-state index in [1.807, 2.05) is 28.5 Å². The molecule has 0 bridgehead atoms. The van der Waals surface area contributed by atoms with Crippen LogP contribution in [-0.4, -0.2) is 37.4 Å². The van der Waals surface area contributed by atoms with Gasteiger partial charge in [0.2, 0.25) is 0 Å². The quantitative estimate of drug-likeness (QED) is 0.728. The Bertz CT molecular complexity index is 920. The number of nitrogens with zero attached hydrogens (tertiary/aromatic N) is 2. The molecule has 0 atom stereocenters. The first-order valence-electron chi connectivity index (χ1n) is 8.60. The summed E-state index contributed by atoms with van der Waals surface area (Å²) in [5.41, 5.74) is 1.44. The summed E-state index contributed by atoms with van der Waals surface area (Å²) in [6.07, 6.45) is 0. The number of nitrogens with one attached hydrogen (secondary N) is 1. The van der Waals surface area contributed by atoms with Gasteiger partial charge in [0.1, 0.15) is 5.82 Å². The molecule has 2 aromatic heterocycles. The third-order valence-corrected chi connectivity index (χ3v) is 5.21. The van der Waals surface area contributed by atoms with E-state index in [1.54, 1.807) is 12.1 Å². The Morgan fingerprint density at radius 1 is 1.26 bits per heavy atom. The Morgan fingerprint density at radius 2 is 2.11 bits per heavy atom. The van der Waals surface area contributed by atoms with Crippen LogP contribution in [0.15, 0.2) is 46.3 Å². The molecule has 0 unspecified atom stereocenters. The summed E-state index contributed by atoms with van der Waals surface area (Å²) in [5, 5.41) is 8.47. The smallest absolute Gasteiger partial charge is 0.273 e. The van der Waals surface area contributed by atoms with E-state index in [4.69, 9.17) is 9.26 Å². The number of anilines is 1. The molecule has 1 fully saturated rings. The Kier molecular flexibility index (Phi) is 5.17. The molecule has 1 amide bonds.